The van der Waals surface area contributed by atoms with Gasteiger partial charge in [0.1, 0.15) is 15.0 Å². The van der Waals surface area contributed by atoms with Crippen molar-refractivity contribution in [1.29, 1.82) is 0 Å². The second kappa shape index (κ2) is 4.67. The van der Waals surface area contributed by atoms with E-state index in [2.05, 4.69) is 9.82 Å². The fraction of sp³-hybridized carbons (Fsp3) is 0.111. The molecule has 0 amide bonds. The van der Waals surface area contributed by atoms with Gasteiger partial charge in [0.15, 0.2) is 0 Å². The largest absolute Gasteiger partial charge is 0.389 e. The summed E-state index contributed by atoms with van der Waals surface area (Å²) in [6.45, 7) is 0. The van der Waals surface area contributed by atoms with Gasteiger partial charge in [-0.25, -0.2) is 8.42 Å². The monoisotopic (exact) mass is 302 g/mol. The molecule has 2 heterocycles. The van der Waals surface area contributed by atoms with Crippen molar-refractivity contribution in [2.24, 2.45) is 12.8 Å². The van der Waals surface area contributed by atoms with Crippen LogP contribution in [-0.2, 0) is 17.1 Å². The van der Waals surface area contributed by atoms with E-state index in [0.29, 0.717) is 5.56 Å². The van der Waals surface area contributed by atoms with E-state index < -0.39 is 10.0 Å². The molecular weight excluding hydrogens is 292 g/mol. The molecule has 3 N–H and O–H groups in total. The predicted octanol–water partition coefficient (Wildman–Crippen LogP) is 0.917. The molecule has 2 aromatic heterocycles. The maximum atomic E-state index is 12.1. The van der Waals surface area contributed by atoms with Crippen molar-refractivity contribution < 1.29 is 8.42 Å². The number of thiocarbonyl (C=S) groups is 1. The lowest BCUT2D eigenvalue weighted by Crippen LogP contribution is -2.18. The van der Waals surface area contributed by atoms with Gasteiger partial charge in [0.2, 0.25) is 0 Å². The first-order valence-electron chi connectivity index (χ1n) is 4.80. The Morgan fingerprint density at radius 2 is 2.33 bits per heavy atom. The maximum absolute atomic E-state index is 12.1. The fourth-order valence-electron chi connectivity index (χ4n) is 1.33. The third-order valence-corrected chi connectivity index (χ3v) is 5.15. The van der Waals surface area contributed by atoms with Crippen molar-refractivity contribution in [3.63, 3.8) is 0 Å². The van der Waals surface area contributed by atoms with Crippen LogP contribution in [0.25, 0.3) is 0 Å². The number of anilines is 1. The van der Waals surface area contributed by atoms with E-state index in [1.54, 1.807) is 18.5 Å². The van der Waals surface area contributed by atoms with Crippen molar-refractivity contribution in [1.82, 2.24) is 9.78 Å². The fourth-order valence-corrected chi connectivity index (χ4v) is 3.58. The van der Waals surface area contributed by atoms with E-state index in [-0.39, 0.29) is 15.0 Å². The number of aryl methyl sites for hydroxylation is 1. The molecule has 2 rings (SSSR count). The average Bonchev–Trinajstić information content (AvgIpc) is 2.89. The number of nitrogens with two attached hydrogens (primary N) is 1. The SMILES string of the molecule is Cn1ncc(C(N)=S)c1NS(=O)(=O)c1cccs1. The molecule has 0 saturated carbocycles. The first kappa shape index (κ1) is 13.0. The Morgan fingerprint density at radius 1 is 1.61 bits per heavy atom. The minimum atomic E-state index is -3.63. The second-order valence-corrected chi connectivity index (χ2v) is 6.73. The Balaban J connectivity index is 2.41. The number of thiophene rings is 1. The van der Waals surface area contributed by atoms with Crippen LogP contribution in [0, 0.1) is 0 Å². The van der Waals surface area contributed by atoms with Gasteiger partial charge in [-0.1, -0.05) is 18.3 Å². The number of sulfonamides is 1. The lowest BCUT2D eigenvalue weighted by atomic mass is 10.3. The summed E-state index contributed by atoms with van der Waals surface area (Å²) in [7, 11) is -2.02. The summed E-state index contributed by atoms with van der Waals surface area (Å²) < 4.78 is 28.2. The molecule has 0 aromatic carbocycles. The van der Waals surface area contributed by atoms with Crippen LogP contribution in [0.15, 0.2) is 27.9 Å². The van der Waals surface area contributed by atoms with Gasteiger partial charge in [-0.05, 0) is 11.4 Å². The number of nitrogens with one attached hydrogen (secondary N) is 1. The Labute approximate surface area is 113 Å². The van der Waals surface area contributed by atoms with Crippen LogP contribution in [0.1, 0.15) is 5.56 Å². The molecule has 2 aromatic rings. The van der Waals surface area contributed by atoms with Crippen LogP contribution in [0.3, 0.4) is 0 Å². The van der Waals surface area contributed by atoms with E-state index in [1.807, 2.05) is 0 Å². The minimum absolute atomic E-state index is 0.0898. The zero-order chi connectivity index (χ0) is 13.3. The zero-order valence-corrected chi connectivity index (χ0v) is 11.8. The van der Waals surface area contributed by atoms with E-state index in [9.17, 15) is 8.42 Å². The van der Waals surface area contributed by atoms with Gasteiger partial charge in [-0.15, -0.1) is 11.3 Å². The zero-order valence-electron chi connectivity index (χ0n) is 9.32. The summed E-state index contributed by atoms with van der Waals surface area (Å²) in [5, 5.41) is 5.62. The van der Waals surface area contributed by atoms with Crippen molar-refractivity contribution in [3.8, 4) is 0 Å². The molecule has 6 nitrogen and oxygen atoms in total. The van der Waals surface area contributed by atoms with Crippen LogP contribution in [0.5, 0.6) is 0 Å². The summed E-state index contributed by atoms with van der Waals surface area (Å²) in [6, 6.07) is 3.18. The van der Waals surface area contributed by atoms with Crippen LogP contribution in [0.2, 0.25) is 0 Å². The van der Waals surface area contributed by atoms with Crippen LogP contribution in [0.4, 0.5) is 5.82 Å². The summed E-state index contributed by atoms with van der Waals surface area (Å²) in [5.41, 5.74) is 5.91. The average molecular weight is 302 g/mol. The lowest BCUT2D eigenvalue weighted by molar-refractivity contribution is 0.602. The summed E-state index contributed by atoms with van der Waals surface area (Å²) >= 11 is 5.97. The first-order valence-corrected chi connectivity index (χ1v) is 7.57. The molecule has 0 radical (unpaired) electrons. The van der Waals surface area contributed by atoms with E-state index in [0.717, 1.165) is 11.3 Å². The van der Waals surface area contributed by atoms with Crippen LogP contribution in [-0.4, -0.2) is 23.2 Å². The summed E-state index contributed by atoms with van der Waals surface area (Å²) in [6.07, 6.45) is 1.43. The number of nitrogens with zero attached hydrogens (tertiary/aromatic N) is 2. The second-order valence-electron chi connectivity index (χ2n) is 3.43. The Kier molecular flexibility index (Phi) is 3.37. The minimum Gasteiger partial charge on any atom is -0.389 e. The quantitative estimate of drug-likeness (QED) is 0.820. The third-order valence-electron chi connectivity index (χ3n) is 2.20. The molecule has 0 bridgehead atoms. The molecule has 0 saturated heterocycles. The smallest absolute Gasteiger partial charge is 0.272 e. The van der Waals surface area contributed by atoms with Gasteiger partial charge in [0.25, 0.3) is 10.0 Å². The molecule has 18 heavy (non-hydrogen) atoms. The molecule has 0 unspecified atom stereocenters. The molecule has 0 fully saturated rings. The van der Waals surface area contributed by atoms with E-state index >= 15 is 0 Å². The normalized spacial score (nSPS) is 11.4. The molecule has 0 spiro atoms. The van der Waals surface area contributed by atoms with Gasteiger partial charge in [-0.3, -0.25) is 9.40 Å². The Morgan fingerprint density at radius 3 is 2.89 bits per heavy atom. The first-order chi connectivity index (χ1) is 8.42. The molecule has 0 aliphatic carbocycles. The van der Waals surface area contributed by atoms with Crippen LogP contribution >= 0.6 is 23.6 Å². The highest BCUT2D eigenvalue weighted by atomic mass is 32.2. The number of hydrogen-bond donors (Lipinski definition) is 2. The number of rotatable bonds is 4. The number of hydrogen-bond acceptors (Lipinski definition) is 5. The van der Waals surface area contributed by atoms with Gasteiger partial charge in [-0.2, -0.15) is 5.10 Å². The van der Waals surface area contributed by atoms with Gasteiger partial charge in [0.05, 0.1) is 11.8 Å². The van der Waals surface area contributed by atoms with Crippen molar-refractivity contribution in [2.45, 2.75) is 4.21 Å². The third kappa shape index (κ3) is 2.37. The summed E-state index contributed by atoms with van der Waals surface area (Å²) in [5.74, 6) is 0.260. The standard InChI is InChI=1S/C9H10N4O2S3/c1-13-9(6(5-11-13)8(10)16)12-18(14,15)7-3-2-4-17-7/h2-5,12H,1H3,(H2,10,16). The van der Waals surface area contributed by atoms with Crippen molar-refractivity contribution in [2.75, 3.05) is 4.72 Å². The Hall–Kier alpha value is -1.45. The topological polar surface area (TPSA) is 90.0 Å². The molecule has 9 heteroatoms. The predicted molar refractivity (Wildman–Crippen MR) is 74.2 cm³/mol. The van der Waals surface area contributed by atoms with Gasteiger partial charge in [0, 0.05) is 7.05 Å². The molecule has 0 atom stereocenters. The molecule has 0 aliphatic rings. The molecule has 96 valence electrons. The highest BCUT2D eigenvalue weighted by Gasteiger charge is 2.20. The van der Waals surface area contributed by atoms with Crippen LogP contribution < -0.4 is 10.5 Å². The maximum Gasteiger partial charge on any atom is 0.272 e. The van der Waals surface area contributed by atoms with Gasteiger partial charge >= 0.3 is 0 Å². The van der Waals surface area contributed by atoms with E-state index in [1.165, 1.54) is 16.9 Å². The van der Waals surface area contributed by atoms with Crippen molar-refractivity contribution in [3.05, 3.63) is 29.3 Å². The molecule has 0 aliphatic heterocycles. The Bertz CT molecular complexity index is 673. The highest BCUT2D eigenvalue weighted by Crippen LogP contribution is 2.22. The highest BCUT2D eigenvalue weighted by molar-refractivity contribution is 7.94. The van der Waals surface area contributed by atoms with Gasteiger partial charge < -0.3 is 5.73 Å². The number of aromatic nitrogens is 2. The van der Waals surface area contributed by atoms with Crippen molar-refractivity contribution >= 4 is 44.4 Å². The van der Waals surface area contributed by atoms with E-state index in [4.69, 9.17) is 18.0 Å². The lowest BCUT2D eigenvalue weighted by Gasteiger charge is -2.08. The molecular formula is C9H10N4O2S3. The summed E-state index contributed by atoms with van der Waals surface area (Å²) in [4.78, 5) is 0.0898.